The number of carbonyl (C=O) groups is 2. The van der Waals surface area contributed by atoms with Gasteiger partial charge in [0, 0.05) is 19.2 Å². The molecule has 1 fully saturated rings. The number of benzene rings is 1. The minimum atomic E-state index is -0.551. The maximum Gasteiger partial charge on any atom is 0.331 e. The number of hydrogen-bond donors (Lipinski definition) is 0. The van der Waals surface area contributed by atoms with Crippen LogP contribution in [0.25, 0.3) is 6.08 Å². The molecule has 0 radical (unpaired) electrons. The summed E-state index contributed by atoms with van der Waals surface area (Å²) < 4.78 is 15.5. The van der Waals surface area contributed by atoms with E-state index in [2.05, 4.69) is 0 Å². The third kappa shape index (κ3) is 5.51. The van der Waals surface area contributed by atoms with Crippen LogP contribution in [-0.4, -0.2) is 50.7 Å². The Balaban J connectivity index is 1.84. The largest absolute Gasteiger partial charge is 0.493 e. The molecule has 0 aliphatic heterocycles. The van der Waals surface area contributed by atoms with E-state index in [0.29, 0.717) is 11.5 Å². The monoisotopic (exact) mass is 361 g/mol. The summed E-state index contributed by atoms with van der Waals surface area (Å²) in [7, 11) is 4.89. The Labute approximate surface area is 154 Å². The number of hydrogen-bond acceptors (Lipinski definition) is 5. The molecule has 1 aliphatic rings. The summed E-state index contributed by atoms with van der Waals surface area (Å²) in [4.78, 5) is 25.7. The normalized spacial score (nSPS) is 14.9. The summed E-state index contributed by atoms with van der Waals surface area (Å²) in [5.41, 5.74) is 0.769. The van der Waals surface area contributed by atoms with Crippen LogP contribution >= 0.6 is 0 Å². The average molecular weight is 361 g/mol. The van der Waals surface area contributed by atoms with Crippen LogP contribution in [0.3, 0.4) is 0 Å². The zero-order valence-corrected chi connectivity index (χ0v) is 15.7. The minimum Gasteiger partial charge on any atom is -0.493 e. The lowest BCUT2D eigenvalue weighted by Crippen LogP contribution is -2.40. The van der Waals surface area contributed by atoms with Gasteiger partial charge in [0.05, 0.1) is 14.2 Å². The molecule has 1 aromatic carbocycles. The molecular formula is C20H27NO5. The highest BCUT2D eigenvalue weighted by Crippen LogP contribution is 2.28. The Hall–Kier alpha value is -2.50. The Morgan fingerprint density at radius 1 is 1.12 bits per heavy atom. The maximum atomic E-state index is 12.2. The van der Waals surface area contributed by atoms with Gasteiger partial charge in [0.15, 0.2) is 18.1 Å². The quantitative estimate of drug-likeness (QED) is 0.552. The number of ether oxygens (including phenoxy) is 3. The fourth-order valence-electron chi connectivity index (χ4n) is 3.08. The highest BCUT2D eigenvalue weighted by atomic mass is 16.5. The third-order valence-electron chi connectivity index (χ3n) is 4.67. The van der Waals surface area contributed by atoms with E-state index >= 15 is 0 Å². The van der Waals surface area contributed by atoms with Crippen LogP contribution < -0.4 is 9.47 Å². The van der Waals surface area contributed by atoms with Crippen molar-refractivity contribution in [2.75, 3.05) is 27.9 Å². The summed E-state index contributed by atoms with van der Waals surface area (Å²) in [6.45, 7) is -0.234. The molecule has 1 amide bonds. The van der Waals surface area contributed by atoms with E-state index < -0.39 is 5.97 Å². The first kappa shape index (κ1) is 19.8. The number of likely N-dealkylation sites (N-methyl/N-ethyl adjacent to an activating group) is 1. The fourth-order valence-corrected chi connectivity index (χ4v) is 3.08. The zero-order valence-electron chi connectivity index (χ0n) is 15.7. The van der Waals surface area contributed by atoms with Gasteiger partial charge in [-0.25, -0.2) is 4.79 Å². The highest BCUT2D eigenvalue weighted by molar-refractivity contribution is 5.89. The number of rotatable bonds is 7. The number of nitrogens with zero attached hydrogens (tertiary/aromatic N) is 1. The topological polar surface area (TPSA) is 65.1 Å². The van der Waals surface area contributed by atoms with Crippen molar-refractivity contribution >= 4 is 18.0 Å². The molecule has 0 N–H and O–H groups in total. The second-order valence-corrected chi connectivity index (χ2v) is 6.35. The molecule has 6 nitrogen and oxygen atoms in total. The molecule has 142 valence electrons. The van der Waals surface area contributed by atoms with Gasteiger partial charge in [-0.3, -0.25) is 4.79 Å². The van der Waals surface area contributed by atoms with Crippen LogP contribution in [0, 0.1) is 0 Å². The second kappa shape index (κ2) is 9.85. The van der Waals surface area contributed by atoms with Gasteiger partial charge >= 0.3 is 5.97 Å². The molecule has 1 aromatic rings. The Morgan fingerprint density at radius 2 is 1.81 bits per heavy atom. The highest BCUT2D eigenvalue weighted by Gasteiger charge is 2.22. The first-order valence-electron chi connectivity index (χ1n) is 8.87. The summed E-state index contributed by atoms with van der Waals surface area (Å²) in [5, 5.41) is 0. The summed E-state index contributed by atoms with van der Waals surface area (Å²) in [6.07, 6.45) is 8.49. The standard InChI is InChI=1S/C20H27NO5/c1-21(16-7-5-4-6-8-16)19(22)14-26-20(23)12-10-15-9-11-17(24-2)18(13-15)25-3/h9-13,16H,4-8,14H2,1-3H3. The van der Waals surface area contributed by atoms with Crippen molar-refractivity contribution in [3.63, 3.8) is 0 Å². The predicted octanol–water partition coefficient (Wildman–Crippen LogP) is 3.05. The van der Waals surface area contributed by atoms with Crippen LogP contribution in [0.2, 0.25) is 0 Å². The molecule has 0 heterocycles. The van der Waals surface area contributed by atoms with Crippen LogP contribution in [0.15, 0.2) is 24.3 Å². The lowest BCUT2D eigenvalue weighted by Gasteiger charge is -2.31. The lowest BCUT2D eigenvalue weighted by molar-refractivity contribution is -0.148. The molecule has 0 bridgehead atoms. The molecule has 2 rings (SSSR count). The Morgan fingerprint density at radius 3 is 2.46 bits per heavy atom. The van der Waals surface area contributed by atoms with Crippen molar-refractivity contribution < 1.29 is 23.8 Å². The van der Waals surface area contributed by atoms with Crippen LogP contribution in [-0.2, 0) is 14.3 Å². The molecule has 0 atom stereocenters. The van der Waals surface area contributed by atoms with Crippen molar-refractivity contribution in [2.24, 2.45) is 0 Å². The number of carbonyl (C=O) groups excluding carboxylic acids is 2. The van der Waals surface area contributed by atoms with Gasteiger partial charge in [0.2, 0.25) is 0 Å². The number of esters is 1. The third-order valence-corrected chi connectivity index (χ3v) is 4.67. The predicted molar refractivity (Wildman–Crippen MR) is 99.2 cm³/mol. The Bertz CT molecular complexity index is 650. The number of methoxy groups -OCH3 is 2. The second-order valence-electron chi connectivity index (χ2n) is 6.35. The van der Waals surface area contributed by atoms with E-state index in [-0.39, 0.29) is 18.6 Å². The molecule has 26 heavy (non-hydrogen) atoms. The van der Waals surface area contributed by atoms with Crippen molar-refractivity contribution in [3.05, 3.63) is 29.8 Å². The molecule has 0 aromatic heterocycles. The van der Waals surface area contributed by atoms with E-state index in [1.165, 1.54) is 12.5 Å². The smallest absolute Gasteiger partial charge is 0.331 e. The van der Waals surface area contributed by atoms with Gasteiger partial charge in [0.25, 0.3) is 5.91 Å². The van der Waals surface area contributed by atoms with Gasteiger partial charge in [-0.2, -0.15) is 0 Å². The fraction of sp³-hybridized carbons (Fsp3) is 0.500. The van der Waals surface area contributed by atoms with Gasteiger partial charge < -0.3 is 19.1 Å². The van der Waals surface area contributed by atoms with Gasteiger partial charge in [0.1, 0.15) is 0 Å². The maximum absolute atomic E-state index is 12.2. The zero-order chi connectivity index (χ0) is 18.9. The summed E-state index contributed by atoms with van der Waals surface area (Å²) in [5.74, 6) is 0.478. The van der Waals surface area contributed by atoms with E-state index in [1.807, 2.05) is 0 Å². The average Bonchev–Trinajstić information content (AvgIpc) is 2.70. The summed E-state index contributed by atoms with van der Waals surface area (Å²) >= 11 is 0. The van der Waals surface area contributed by atoms with Crippen molar-refractivity contribution in [2.45, 2.75) is 38.1 Å². The molecular weight excluding hydrogens is 334 g/mol. The van der Waals surface area contributed by atoms with Crippen molar-refractivity contribution in [1.29, 1.82) is 0 Å². The molecule has 6 heteroatoms. The van der Waals surface area contributed by atoms with Gasteiger partial charge in [-0.15, -0.1) is 0 Å². The van der Waals surface area contributed by atoms with Gasteiger partial charge in [-0.1, -0.05) is 25.3 Å². The van der Waals surface area contributed by atoms with Crippen molar-refractivity contribution in [1.82, 2.24) is 4.90 Å². The molecule has 1 aliphatic carbocycles. The SMILES string of the molecule is COc1ccc(C=CC(=O)OCC(=O)N(C)C2CCCCC2)cc1OC. The van der Waals surface area contributed by atoms with Crippen molar-refractivity contribution in [3.8, 4) is 11.5 Å². The Kier molecular flexibility index (Phi) is 7.51. The summed E-state index contributed by atoms with van der Waals surface area (Å²) in [6, 6.07) is 5.57. The molecule has 1 saturated carbocycles. The van der Waals surface area contributed by atoms with E-state index in [4.69, 9.17) is 14.2 Å². The van der Waals surface area contributed by atoms with E-state index in [9.17, 15) is 9.59 Å². The van der Waals surface area contributed by atoms with E-state index in [0.717, 1.165) is 31.2 Å². The van der Waals surface area contributed by atoms with Crippen LogP contribution in [0.4, 0.5) is 0 Å². The lowest BCUT2D eigenvalue weighted by atomic mass is 9.94. The molecule has 0 unspecified atom stereocenters. The first-order chi connectivity index (χ1) is 12.5. The van der Waals surface area contributed by atoms with Crippen LogP contribution in [0.1, 0.15) is 37.7 Å². The minimum absolute atomic E-state index is 0.162. The van der Waals surface area contributed by atoms with Crippen LogP contribution in [0.5, 0.6) is 11.5 Å². The molecule has 0 saturated heterocycles. The first-order valence-corrected chi connectivity index (χ1v) is 8.87. The number of amides is 1. The van der Waals surface area contributed by atoms with E-state index in [1.54, 1.807) is 50.4 Å². The van der Waals surface area contributed by atoms with Gasteiger partial charge in [-0.05, 0) is 36.6 Å². The molecule has 0 spiro atoms.